The fourth-order valence-electron chi connectivity index (χ4n) is 12.4. The van der Waals surface area contributed by atoms with E-state index in [0.717, 1.165) is 116 Å². The number of allylic oxidation sites excluding steroid dienone is 21. The van der Waals surface area contributed by atoms with Crippen LogP contribution in [-0.4, -0.2) is 193 Å². The van der Waals surface area contributed by atoms with Gasteiger partial charge >= 0.3 is 0 Å². The highest BCUT2D eigenvalue weighted by atomic mass is 16.8. The molecule has 0 aromatic heterocycles. The monoisotopic (exact) mass is 1440 g/mol. The largest absolute Gasteiger partial charge is 0.394 e. The van der Waals surface area contributed by atoms with Crippen molar-refractivity contribution in [2.45, 2.75) is 356 Å². The minimum absolute atomic E-state index is 0.205. The number of aliphatic hydroxyl groups is 11. The van der Waals surface area contributed by atoms with Gasteiger partial charge in [0.1, 0.15) is 73.2 Å². The van der Waals surface area contributed by atoms with E-state index in [0.29, 0.717) is 6.42 Å². The first-order valence-corrected chi connectivity index (χ1v) is 39.4. The molecule has 0 radical (unpaired) electrons. The van der Waals surface area contributed by atoms with Crippen LogP contribution < -0.4 is 5.32 Å². The molecule has 19 heteroatoms. The van der Waals surface area contributed by atoms with Crippen LogP contribution in [0.25, 0.3) is 0 Å². The van der Waals surface area contributed by atoms with Crippen LogP contribution in [0.2, 0.25) is 0 Å². The second-order valence-electron chi connectivity index (χ2n) is 27.4. The van der Waals surface area contributed by atoms with Crippen LogP contribution in [0.1, 0.15) is 251 Å². The number of hydrogen-bond donors (Lipinski definition) is 12. The van der Waals surface area contributed by atoms with Gasteiger partial charge in [-0.25, -0.2) is 0 Å². The van der Waals surface area contributed by atoms with Gasteiger partial charge in [-0.05, 0) is 96.3 Å². The van der Waals surface area contributed by atoms with Gasteiger partial charge in [-0.1, -0.05) is 282 Å². The molecule has 3 saturated heterocycles. The molecule has 0 aromatic carbocycles. The van der Waals surface area contributed by atoms with Crippen molar-refractivity contribution >= 4 is 5.91 Å². The maximum atomic E-state index is 13.5. The highest BCUT2D eigenvalue weighted by Gasteiger charge is 2.53. The number of unbranched alkanes of at least 4 members (excludes halogenated alkanes) is 24. The number of carbonyl (C=O) groups excluding carboxylic acids is 1. The van der Waals surface area contributed by atoms with E-state index in [2.05, 4.69) is 141 Å². The first-order valence-electron chi connectivity index (χ1n) is 39.4. The molecule has 17 unspecified atom stereocenters. The summed E-state index contributed by atoms with van der Waals surface area (Å²) in [5, 5.41) is 121. The van der Waals surface area contributed by atoms with Crippen LogP contribution in [0.15, 0.2) is 134 Å². The third-order valence-electron chi connectivity index (χ3n) is 18.7. The van der Waals surface area contributed by atoms with Crippen LogP contribution in [0.5, 0.6) is 0 Å². The summed E-state index contributed by atoms with van der Waals surface area (Å²) in [7, 11) is 0. The van der Waals surface area contributed by atoms with Crippen molar-refractivity contribution in [3.05, 3.63) is 134 Å². The lowest BCUT2D eigenvalue weighted by molar-refractivity contribution is -0.379. The number of nitrogens with one attached hydrogen (secondary N) is 1. The Bertz CT molecular complexity index is 2370. The normalized spacial score (nSPS) is 26.9. The van der Waals surface area contributed by atoms with Gasteiger partial charge in [-0.2, -0.15) is 0 Å². The molecule has 3 heterocycles. The van der Waals surface area contributed by atoms with Crippen LogP contribution in [-0.2, 0) is 33.2 Å². The Kier molecular flexibility index (Phi) is 56.0. The summed E-state index contributed by atoms with van der Waals surface area (Å²) >= 11 is 0. The summed E-state index contributed by atoms with van der Waals surface area (Å²) in [4.78, 5) is 13.5. The number of carbonyl (C=O) groups is 1. The Morgan fingerprint density at radius 1 is 0.363 bits per heavy atom. The maximum Gasteiger partial charge on any atom is 0.220 e. The Labute approximate surface area is 613 Å². The number of ether oxygens (including phenoxy) is 6. The lowest BCUT2D eigenvalue weighted by Crippen LogP contribution is -2.66. The van der Waals surface area contributed by atoms with Gasteiger partial charge < -0.3 is 89.9 Å². The predicted octanol–water partition coefficient (Wildman–Crippen LogP) is 12.9. The molecule has 0 aromatic rings. The van der Waals surface area contributed by atoms with E-state index in [1.165, 1.54) is 109 Å². The van der Waals surface area contributed by atoms with Crippen LogP contribution in [0.4, 0.5) is 0 Å². The fraction of sp³-hybridized carbons (Fsp3) is 0.723. The van der Waals surface area contributed by atoms with E-state index >= 15 is 0 Å². The summed E-state index contributed by atoms with van der Waals surface area (Å²) < 4.78 is 34.4. The molecule has 0 spiro atoms. The number of rotatable bonds is 60. The van der Waals surface area contributed by atoms with Gasteiger partial charge in [0.05, 0.1) is 38.6 Å². The van der Waals surface area contributed by atoms with Crippen molar-refractivity contribution < 1.29 is 89.4 Å². The molecular weight excluding hydrogens is 1300 g/mol. The number of hydrogen-bond acceptors (Lipinski definition) is 18. The van der Waals surface area contributed by atoms with Gasteiger partial charge in [0, 0.05) is 6.42 Å². The Morgan fingerprint density at radius 3 is 1.06 bits per heavy atom. The molecule has 3 fully saturated rings. The summed E-state index contributed by atoms with van der Waals surface area (Å²) in [6.07, 6.45) is 61.3. The molecule has 12 N–H and O–H groups in total. The van der Waals surface area contributed by atoms with E-state index in [9.17, 15) is 61.0 Å². The average molecular weight is 1440 g/mol. The van der Waals surface area contributed by atoms with Crippen molar-refractivity contribution in [1.82, 2.24) is 5.32 Å². The second-order valence-corrected chi connectivity index (χ2v) is 27.4. The maximum absolute atomic E-state index is 13.5. The number of aliphatic hydroxyl groups excluding tert-OH is 11. The Hall–Kier alpha value is -4.07. The minimum Gasteiger partial charge on any atom is -0.394 e. The highest BCUT2D eigenvalue weighted by molar-refractivity contribution is 5.76. The molecular formula is C83H139NO18. The molecule has 102 heavy (non-hydrogen) atoms. The Balaban J connectivity index is 1.40. The average Bonchev–Trinajstić information content (AvgIpc) is 0.781. The van der Waals surface area contributed by atoms with Gasteiger partial charge in [0.2, 0.25) is 5.91 Å². The first kappa shape index (κ1) is 92.1. The third kappa shape index (κ3) is 41.7. The molecule has 19 nitrogen and oxygen atoms in total. The van der Waals surface area contributed by atoms with Crippen LogP contribution >= 0.6 is 0 Å². The second kappa shape index (κ2) is 62.0. The van der Waals surface area contributed by atoms with E-state index in [4.69, 9.17) is 28.4 Å². The third-order valence-corrected chi connectivity index (χ3v) is 18.7. The van der Waals surface area contributed by atoms with Crippen molar-refractivity contribution in [3.8, 4) is 0 Å². The molecule has 0 aliphatic carbocycles. The van der Waals surface area contributed by atoms with Crippen molar-refractivity contribution in [1.29, 1.82) is 0 Å². The quantitative estimate of drug-likeness (QED) is 0.0199. The van der Waals surface area contributed by atoms with Crippen molar-refractivity contribution in [2.24, 2.45) is 0 Å². The lowest BCUT2D eigenvalue weighted by atomic mass is 9.96. The molecule has 0 saturated carbocycles. The molecule has 17 atom stereocenters. The van der Waals surface area contributed by atoms with Gasteiger partial charge in [0.25, 0.3) is 0 Å². The summed E-state index contributed by atoms with van der Waals surface area (Å²) in [6, 6.07) is -0.999. The van der Waals surface area contributed by atoms with E-state index in [1.54, 1.807) is 6.08 Å². The number of amides is 1. The Morgan fingerprint density at radius 2 is 0.676 bits per heavy atom. The van der Waals surface area contributed by atoms with E-state index in [1.807, 2.05) is 6.08 Å². The lowest BCUT2D eigenvalue weighted by Gasteiger charge is -2.48. The standard InChI is InChI=1S/C83H139NO18/c1-3-5-7-9-11-13-15-17-19-21-23-25-27-28-29-30-31-32-33-34-35-36-37-38-39-41-43-45-47-49-51-53-55-57-59-61-71(89)84-66(67(88)60-58-56-54-52-50-48-46-44-42-40-26-24-22-20-18-16-14-12-10-8-6-4-2)65-97-81-77(95)74(92)79(69(63-86)99-81)102-83-78(96)75(93)80(70(64-87)100-83)101-82-76(94)73(91)72(90)68(62-85)98-82/h5,7,11,13,17,19,23,25,28-29,31-32,34-35,37-38,41,43,47,49,58,60,66-70,72-83,85-88,90-96H,3-4,6,8-10,12,14-16,18,20-22,24,26-27,30,33,36,39-40,42,44-46,48,50-57,59,61-65H2,1-2H3,(H,84,89)/b7-5-,13-11-,19-17-,25-23-,29-28-,32-31-,35-34-,38-37-,43-41-,49-47-,60-58+. The smallest absolute Gasteiger partial charge is 0.220 e. The van der Waals surface area contributed by atoms with Crippen LogP contribution in [0.3, 0.4) is 0 Å². The predicted molar refractivity (Wildman–Crippen MR) is 406 cm³/mol. The molecule has 3 rings (SSSR count). The SMILES string of the molecule is CC/C=C\C/C=C\C/C=C\C/C=C\C/C=C\C/C=C\C/C=C\C/C=C\C/C=C\C/C=C\CCCCCCC(=O)NC(COC1OC(CO)C(OC2OC(CO)C(OC3OC(CO)C(O)C(O)C3O)C(O)C2O)C(O)C1O)C(O)/C=C/CCCCCCCCCCCCCCCCCCCCCC. The van der Waals surface area contributed by atoms with Crippen molar-refractivity contribution in [2.75, 3.05) is 26.4 Å². The summed E-state index contributed by atoms with van der Waals surface area (Å²) in [6.45, 7) is 1.61. The molecule has 0 bridgehead atoms. The van der Waals surface area contributed by atoms with E-state index in [-0.39, 0.29) is 18.9 Å². The van der Waals surface area contributed by atoms with E-state index < -0.39 is 124 Å². The topological polar surface area (TPSA) is 307 Å². The van der Waals surface area contributed by atoms with Crippen molar-refractivity contribution in [3.63, 3.8) is 0 Å². The molecule has 3 aliphatic heterocycles. The van der Waals surface area contributed by atoms with Crippen LogP contribution in [0, 0.1) is 0 Å². The molecule has 584 valence electrons. The summed E-state index contributed by atoms with van der Waals surface area (Å²) in [5.41, 5.74) is 0. The highest BCUT2D eigenvalue weighted by Crippen LogP contribution is 2.33. The fourth-order valence-corrected chi connectivity index (χ4v) is 12.4. The summed E-state index contributed by atoms with van der Waals surface area (Å²) in [5.74, 6) is -0.304. The van der Waals surface area contributed by atoms with Gasteiger partial charge in [0.15, 0.2) is 18.9 Å². The first-order chi connectivity index (χ1) is 49.8. The molecule has 3 aliphatic rings. The minimum atomic E-state index is -1.99. The zero-order valence-electron chi connectivity index (χ0n) is 62.3. The van der Waals surface area contributed by atoms with Gasteiger partial charge in [-0.15, -0.1) is 0 Å². The molecule has 1 amide bonds. The van der Waals surface area contributed by atoms with Gasteiger partial charge in [-0.3, -0.25) is 4.79 Å². The zero-order chi connectivity index (χ0) is 73.9. The zero-order valence-corrected chi connectivity index (χ0v) is 62.3.